The quantitative estimate of drug-likeness (QED) is 0.642. The lowest BCUT2D eigenvalue weighted by Crippen LogP contribution is -2.18. The monoisotopic (exact) mass is 180 g/mol. The highest BCUT2D eigenvalue weighted by molar-refractivity contribution is 5.30. The lowest BCUT2D eigenvalue weighted by Gasteiger charge is -2.12. The zero-order valence-electron chi connectivity index (χ0n) is 9.12. The Hall–Kier alpha value is -0.600. The molecule has 1 unspecified atom stereocenters. The second-order valence-electron chi connectivity index (χ2n) is 4.26. The molecule has 1 atom stereocenters. The number of hydrogen-bond acceptors (Lipinski definition) is 2. The van der Waals surface area contributed by atoms with Crippen molar-refractivity contribution in [3.63, 3.8) is 0 Å². The van der Waals surface area contributed by atoms with Gasteiger partial charge in [-0.15, -0.1) is 0 Å². The van der Waals surface area contributed by atoms with E-state index in [0.29, 0.717) is 5.92 Å². The molecule has 1 rings (SSSR count). The zero-order valence-corrected chi connectivity index (χ0v) is 9.12. The van der Waals surface area contributed by atoms with Crippen molar-refractivity contribution in [3.8, 4) is 0 Å². The maximum absolute atomic E-state index is 2.36. The molecule has 1 aliphatic rings. The summed E-state index contributed by atoms with van der Waals surface area (Å²) >= 11 is 0. The van der Waals surface area contributed by atoms with Gasteiger partial charge in [0, 0.05) is 19.0 Å². The van der Waals surface area contributed by atoms with Crippen LogP contribution in [0, 0.1) is 5.92 Å². The summed E-state index contributed by atoms with van der Waals surface area (Å²) in [4.78, 5) is 4.43. The van der Waals surface area contributed by atoms with E-state index >= 15 is 0 Å². The average molecular weight is 180 g/mol. The molecular weight excluding hydrogens is 160 g/mol. The summed E-state index contributed by atoms with van der Waals surface area (Å²) in [6.45, 7) is 2.17. The van der Waals surface area contributed by atoms with Gasteiger partial charge in [0.05, 0.1) is 0 Å². The molecule has 0 fully saturated rings. The molecule has 1 aliphatic carbocycles. The Labute approximate surface area is 81.5 Å². The van der Waals surface area contributed by atoms with Crippen molar-refractivity contribution in [1.82, 2.24) is 9.80 Å². The van der Waals surface area contributed by atoms with Crippen LogP contribution >= 0.6 is 0 Å². The summed E-state index contributed by atoms with van der Waals surface area (Å²) in [7, 11) is 8.44. The van der Waals surface area contributed by atoms with Crippen LogP contribution in [0.3, 0.4) is 0 Å². The zero-order chi connectivity index (χ0) is 9.84. The van der Waals surface area contributed by atoms with Crippen LogP contribution in [0.1, 0.15) is 0 Å². The molecule has 0 heterocycles. The van der Waals surface area contributed by atoms with Gasteiger partial charge in [0.25, 0.3) is 0 Å². The van der Waals surface area contributed by atoms with Gasteiger partial charge in [0.1, 0.15) is 0 Å². The van der Waals surface area contributed by atoms with E-state index in [0.717, 1.165) is 13.1 Å². The minimum absolute atomic E-state index is 0.616. The Bertz CT molecular complexity index is 214. The standard InChI is InChI=1S/C11H20N2/c1-12(2)8-10-5-6-11(7-10)9-13(3)4/h5-7,10H,8-9H2,1-4H3. The Kier molecular flexibility index (Phi) is 3.70. The maximum Gasteiger partial charge on any atom is 0.0224 e. The van der Waals surface area contributed by atoms with Crippen LogP contribution in [0.4, 0.5) is 0 Å². The van der Waals surface area contributed by atoms with Crippen molar-refractivity contribution in [2.45, 2.75) is 0 Å². The van der Waals surface area contributed by atoms with Gasteiger partial charge in [-0.25, -0.2) is 0 Å². The largest absolute Gasteiger partial charge is 0.309 e. The fourth-order valence-electron chi connectivity index (χ4n) is 1.64. The molecular formula is C11H20N2. The van der Waals surface area contributed by atoms with E-state index in [1.807, 2.05) is 0 Å². The van der Waals surface area contributed by atoms with Crippen LogP contribution in [0.25, 0.3) is 0 Å². The van der Waals surface area contributed by atoms with E-state index < -0.39 is 0 Å². The van der Waals surface area contributed by atoms with Gasteiger partial charge in [-0.1, -0.05) is 18.2 Å². The van der Waals surface area contributed by atoms with Crippen molar-refractivity contribution in [2.24, 2.45) is 5.92 Å². The molecule has 0 aromatic heterocycles. The predicted octanol–water partition coefficient (Wildman–Crippen LogP) is 1.22. The van der Waals surface area contributed by atoms with E-state index in [1.54, 1.807) is 0 Å². The first-order chi connectivity index (χ1) is 6.08. The Morgan fingerprint density at radius 1 is 1.15 bits per heavy atom. The number of nitrogens with zero attached hydrogens (tertiary/aromatic N) is 2. The van der Waals surface area contributed by atoms with Gasteiger partial charge in [0.2, 0.25) is 0 Å². The molecule has 0 amide bonds. The van der Waals surface area contributed by atoms with Gasteiger partial charge in [0.15, 0.2) is 0 Å². The molecule has 0 N–H and O–H groups in total. The van der Waals surface area contributed by atoms with Crippen molar-refractivity contribution in [1.29, 1.82) is 0 Å². The molecule has 0 aromatic rings. The second kappa shape index (κ2) is 4.58. The van der Waals surface area contributed by atoms with Crippen LogP contribution in [-0.2, 0) is 0 Å². The van der Waals surface area contributed by atoms with Crippen molar-refractivity contribution in [3.05, 3.63) is 23.8 Å². The molecule has 0 spiro atoms. The van der Waals surface area contributed by atoms with E-state index in [-0.39, 0.29) is 0 Å². The highest BCUT2D eigenvalue weighted by Gasteiger charge is 2.10. The first kappa shape index (κ1) is 10.5. The molecule has 0 aromatic carbocycles. The molecule has 0 radical (unpaired) electrons. The third-order valence-electron chi connectivity index (χ3n) is 2.06. The third kappa shape index (κ3) is 3.75. The second-order valence-corrected chi connectivity index (χ2v) is 4.26. The van der Waals surface area contributed by atoms with Gasteiger partial charge < -0.3 is 9.80 Å². The fourth-order valence-corrected chi connectivity index (χ4v) is 1.64. The molecule has 13 heavy (non-hydrogen) atoms. The van der Waals surface area contributed by atoms with Crippen LogP contribution in [-0.4, -0.2) is 51.1 Å². The average Bonchev–Trinajstić information content (AvgIpc) is 2.33. The van der Waals surface area contributed by atoms with Gasteiger partial charge in [-0.2, -0.15) is 0 Å². The summed E-state index contributed by atoms with van der Waals surface area (Å²) in [5.74, 6) is 0.616. The number of rotatable bonds is 4. The van der Waals surface area contributed by atoms with Crippen molar-refractivity contribution < 1.29 is 0 Å². The van der Waals surface area contributed by atoms with Crippen LogP contribution in [0.5, 0.6) is 0 Å². The van der Waals surface area contributed by atoms with Crippen LogP contribution in [0.15, 0.2) is 23.8 Å². The van der Waals surface area contributed by atoms with Crippen molar-refractivity contribution >= 4 is 0 Å². The maximum atomic E-state index is 2.36. The first-order valence-electron chi connectivity index (χ1n) is 4.76. The first-order valence-corrected chi connectivity index (χ1v) is 4.76. The van der Waals surface area contributed by atoms with E-state index in [2.05, 4.69) is 56.2 Å². The minimum Gasteiger partial charge on any atom is -0.309 e. The summed E-state index contributed by atoms with van der Waals surface area (Å²) in [6, 6.07) is 0. The highest BCUT2D eigenvalue weighted by atomic mass is 15.1. The Balaban J connectivity index is 2.41. The normalized spacial score (nSPS) is 21.7. The van der Waals surface area contributed by atoms with E-state index in [4.69, 9.17) is 0 Å². The summed E-state index contributed by atoms with van der Waals surface area (Å²) in [5.41, 5.74) is 1.44. The minimum atomic E-state index is 0.616. The topological polar surface area (TPSA) is 6.48 Å². The van der Waals surface area contributed by atoms with Gasteiger partial charge in [-0.3, -0.25) is 0 Å². The van der Waals surface area contributed by atoms with Crippen molar-refractivity contribution in [2.75, 3.05) is 41.3 Å². The molecule has 0 aliphatic heterocycles. The lowest BCUT2D eigenvalue weighted by molar-refractivity contribution is 0.386. The molecule has 2 heteroatoms. The van der Waals surface area contributed by atoms with Gasteiger partial charge >= 0.3 is 0 Å². The summed E-state index contributed by atoms with van der Waals surface area (Å²) in [6.07, 6.45) is 6.90. The summed E-state index contributed by atoms with van der Waals surface area (Å²) in [5, 5.41) is 0. The van der Waals surface area contributed by atoms with Gasteiger partial charge in [-0.05, 0) is 33.8 Å². The molecule has 2 nitrogen and oxygen atoms in total. The SMILES string of the molecule is CN(C)CC1=CC(CN(C)C)C=C1. The van der Waals surface area contributed by atoms with E-state index in [1.165, 1.54) is 5.57 Å². The Morgan fingerprint density at radius 2 is 1.85 bits per heavy atom. The van der Waals surface area contributed by atoms with Crippen LogP contribution < -0.4 is 0 Å². The Morgan fingerprint density at radius 3 is 2.38 bits per heavy atom. The third-order valence-corrected chi connectivity index (χ3v) is 2.06. The van der Waals surface area contributed by atoms with Crippen LogP contribution in [0.2, 0.25) is 0 Å². The summed E-state index contributed by atoms with van der Waals surface area (Å²) < 4.78 is 0. The smallest absolute Gasteiger partial charge is 0.0224 e. The number of likely N-dealkylation sites (N-methyl/N-ethyl adjacent to an activating group) is 1. The van der Waals surface area contributed by atoms with E-state index in [9.17, 15) is 0 Å². The molecule has 0 saturated heterocycles. The number of hydrogen-bond donors (Lipinski definition) is 0. The molecule has 0 saturated carbocycles. The predicted molar refractivity (Wildman–Crippen MR) is 57.8 cm³/mol. The molecule has 0 bridgehead atoms. The fraction of sp³-hybridized carbons (Fsp3) is 0.636. The molecule has 74 valence electrons. The highest BCUT2D eigenvalue weighted by Crippen LogP contribution is 2.16. The lowest BCUT2D eigenvalue weighted by atomic mass is 10.1.